The molecule has 1 N–H and O–H groups in total. The van der Waals surface area contributed by atoms with E-state index in [2.05, 4.69) is 26.4 Å². The van der Waals surface area contributed by atoms with E-state index in [0.717, 1.165) is 33.5 Å². The Balaban J connectivity index is 1.87. The van der Waals surface area contributed by atoms with E-state index in [4.69, 9.17) is 9.57 Å². The molecule has 0 fully saturated rings. The SMILES string of the molecule is CCCOc1ccc(Br)cc1C=NOCC(=O)Nc1ccc(C)cc1. The molecule has 0 saturated heterocycles. The molecule has 0 saturated carbocycles. The van der Waals surface area contributed by atoms with Crippen molar-refractivity contribution in [3.63, 3.8) is 0 Å². The standard InChI is InChI=1S/C19H21BrN2O3/c1-3-10-24-18-9-6-16(20)11-15(18)12-21-25-13-19(23)22-17-7-4-14(2)5-8-17/h4-9,11-12H,3,10,13H2,1-2H3,(H,22,23). The number of anilines is 1. The van der Waals surface area contributed by atoms with Crippen LogP contribution < -0.4 is 10.1 Å². The first kappa shape index (κ1) is 19.0. The normalized spacial score (nSPS) is 10.7. The Morgan fingerprint density at radius 3 is 2.72 bits per heavy atom. The predicted octanol–water partition coefficient (Wildman–Crippen LogP) is 4.54. The van der Waals surface area contributed by atoms with Gasteiger partial charge in [-0.05, 0) is 43.7 Å². The Labute approximate surface area is 156 Å². The summed E-state index contributed by atoms with van der Waals surface area (Å²) in [5.41, 5.74) is 2.64. The second kappa shape index (κ2) is 9.84. The number of aryl methyl sites for hydroxylation is 1. The van der Waals surface area contributed by atoms with Crippen LogP contribution in [-0.2, 0) is 9.63 Å². The van der Waals surface area contributed by atoms with Gasteiger partial charge in [0.2, 0.25) is 0 Å². The van der Waals surface area contributed by atoms with Gasteiger partial charge in [0.05, 0.1) is 12.8 Å². The van der Waals surface area contributed by atoms with Crippen molar-refractivity contribution in [1.29, 1.82) is 0 Å². The first-order chi connectivity index (χ1) is 12.1. The van der Waals surface area contributed by atoms with Crippen LogP contribution in [0.15, 0.2) is 52.1 Å². The molecule has 2 rings (SSSR count). The highest BCUT2D eigenvalue weighted by molar-refractivity contribution is 9.10. The molecule has 0 aliphatic rings. The third-order valence-corrected chi connectivity index (χ3v) is 3.72. The molecule has 132 valence electrons. The number of halogens is 1. The van der Waals surface area contributed by atoms with Crippen molar-refractivity contribution in [1.82, 2.24) is 0 Å². The van der Waals surface area contributed by atoms with Crippen molar-refractivity contribution in [2.75, 3.05) is 18.5 Å². The van der Waals surface area contributed by atoms with Crippen LogP contribution >= 0.6 is 15.9 Å². The van der Waals surface area contributed by atoms with E-state index in [1.54, 1.807) is 0 Å². The lowest BCUT2D eigenvalue weighted by Crippen LogP contribution is -2.16. The first-order valence-electron chi connectivity index (χ1n) is 8.02. The zero-order valence-electron chi connectivity index (χ0n) is 14.3. The Kier molecular flexibility index (Phi) is 7.47. The average molecular weight is 405 g/mol. The van der Waals surface area contributed by atoms with Gasteiger partial charge in [-0.3, -0.25) is 4.79 Å². The Hall–Kier alpha value is -2.34. The van der Waals surface area contributed by atoms with Gasteiger partial charge in [0.1, 0.15) is 5.75 Å². The number of benzene rings is 2. The second-order valence-electron chi connectivity index (χ2n) is 5.45. The molecule has 0 unspecified atom stereocenters. The zero-order valence-corrected chi connectivity index (χ0v) is 15.9. The van der Waals surface area contributed by atoms with Crippen LogP contribution in [0.25, 0.3) is 0 Å². The molecule has 0 aliphatic carbocycles. The van der Waals surface area contributed by atoms with Gasteiger partial charge in [-0.1, -0.05) is 45.7 Å². The van der Waals surface area contributed by atoms with Crippen molar-refractivity contribution in [2.45, 2.75) is 20.3 Å². The molecule has 6 heteroatoms. The van der Waals surface area contributed by atoms with Crippen LogP contribution in [0.3, 0.4) is 0 Å². The molecule has 0 heterocycles. The van der Waals surface area contributed by atoms with E-state index in [9.17, 15) is 4.79 Å². The molecular formula is C19H21BrN2O3. The summed E-state index contributed by atoms with van der Waals surface area (Å²) >= 11 is 3.42. The van der Waals surface area contributed by atoms with Crippen molar-refractivity contribution < 1.29 is 14.4 Å². The molecule has 0 spiro atoms. The van der Waals surface area contributed by atoms with Crippen LogP contribution in [0.4, 0.5) is 5.69 Å². The first-order valence-corrected chi connectivity index (χ1v) is 8.82. The van der Waals surface area contributed by atoms with Gasteiger partial charge in [-0.15, -0.1) is 0 Å². The monoisotopic (exact) mass is 404 g/mol. The van der Waals surface area contributed by atoms with E-state index in [1.165, 1.54) is 6.21 Å². The number of amides is 1. The number of carbonyl (C=O) groups is 1. The maximum atomic E-state index is 11.8. The maximum Gasteiger partial charge on any atom is 0.265 e. The number of hydrogen-bond donors (Lipinski definition) is 1. The van der Waals surface area contributed by atoms with Gasteiger partial charge >= 0.3 is 0 Å². The fourth-order valence-corrected chi connectivity index (χ4v) is 2.37. The van der Waals surface area contributed by atoms with Gasteiger partial charge in [-0.2, -0.15) is 0 Å². The van der Waals surface area contributed by atoms with Gasteiger partial charge in [-0.25, -0.2) is 0 Å². The number of nitrogens with one attached hydrogen (secondary N) is 1. The topological polar surface area (TPSA) is 59.9 Å². The predicted molar refractivity (Wildman–Crippen MR) is 103 cm³/mol. The van der Waals surface area contributed by atoms with Crippen molar-refractivity contribution in [2.24, 2.45) is 5.16 Å². The van der Waals surface area contributed by atoms with Crippen molar-refractivity contribution >= 4 is 33.7 Å². The summed E-state index contributed by atoms with van der Waals surface area (Å²) in [5, 5.41) is 6.61. The summed E-state index contributed by atoms with van der Waals surface area (Å²) in [5.74, 6) is 0.458. The van der Waals surface area contributed by atoms with Crippen LogP contribution in [0.1, 0.15) is 24.5 Å². The molecule has 0 radical (unpaired) electrons. The molecule has 25 heavy (non-hydrogen) atoms. The second-order valence-corrected chi connectivity index (χ2v) is 6.37. The van der Waals surface area contributed by atoms with Crippen LogP contribution in [0.2, 0.25) is 0 Å². The summed E-state index contributed by atoms with van der Waals surface area (Å²) in [6, 6.07) is 13.2. The quantitative estimate of drug-likeness (QED) is 0.518. The van der Waals surface area contributed by atoms with Crippen LogP contribution in [0.5, 0.6) is 5.75 Å². The third-order valence-electron chi connectivity index (χ3n) is 3.23. The number of hydrogen-bond acceptors (Lipinski definition) is 4. The summed E-state index contributed by atoms with van der Waals surface area (Å²) in [4.78, 5) is 16.9. The van der Waals surface area contributed by atoms with E-state index >= 15 is 0 Å². The fraction of sp³-hybridized carbons (Fsp3) is 0.263. The maximum absolute atomic E-state index is 11.8. The fourth-order valence-electron chi connectivity index (χ4n) is 1.99. The molecule has 1 amide bonds. The lowest BCUT2D eigenvalue weighted by Gasteiger charge is -2.08. The van der Waals surface area contributed by atoms with Gasteiger partial charge in [0, 0.05) is 15.7 Å². The lowest BCUT2D eigenvalue weighted by molar-refractivity contribution is -0.120. The summed E-state index contributed by atoms with van der Waals surface area (Å²) in [7, 11) is 0. The van der Waals surface area contributed by atoms with Crippen LogP contribution in [-0.4, -0.2) is 25.3 Å². The largest absolute Gasteiger partial charge is 0.493 e. The van der Waals surface area contributed by atoms with Crippen molar-refractivity contribution in [3.05, 3.63) is 58.1 Å². The summed E-state index contributed by atoms with van der Waals surface area (Å²) in [6.07, 6.45) is 2.46. The van der Waals surface area contributed by atoms with E-state index in [1.807, 2.05) is 56.3 Å². The highest BCUT2D eigenvalue weighted by Crippen LogP contribution is 2.22. The van der Waals surface area contributed by atoms with Crippen LogP contribution in [0, 0.1) is 6.92 Å². The molecule has 0 aromatic heterocycles. The van der Waals surface area contributed by atoms with E-state index in [0.29, 0.717) is 6.61 Å². The Bertz CT molecular complexity index is 730. The molecular weight excluding hydrogens is 384 g/mol. The third kappa shape index (κ3) is 6.58. The Morgan fingerprint density at radius 2 is 2.00 bits per heavy atom. The number of rotatable bonds is 8. The summed E-state index contributed by atoms with van der Waals surface area (Å²) in [6.45, 7) is 4.50. The molecule has 5 nitrogen and oxygen atoms in total. The number of oxime groups is 1. The number of ether oxygens (including phenoxy) is 1. The zero-order chi connectivity index (χ0) is 18.1. The lowest BCUT2D eigenvalue weighted by atomic mass is 10.2. The molecule has 2 aromatic carbocycles. The molecule has 2 aromatic rings. The minimum absolute atomic E-state index is 0.163. The molecule has 0 bridgehead atoms. The van der Waals surface area contributed by atoms with Crippen molar-refractivity contribution in [3.8, 4) is 5.75 Å². The minimum Gasteiger partial charge on any atom is -0.493 e. The van der Waals surface area contributed by atoms with Gasteiger partial charge in [0.25, 0.3) is 5.91 Å². The van der Waals surface area contributed by atoms with Gasteiger partial charge < -0.3 is 14.9 Å². The highest BCUT2D eigenvalue weighted by Gasteiger charge is 2.04. The van der Waals surface area contributed by atoms with Gasteiger partial charge in [0.15, 0.2) is 6.61 Å². The summed E-state index contributed by atoms with van der Waals surface area (Å²) < 4.78 is 6.57. The molecule has 0 aliphatic heterocycles. The smallest absolute Gasteiger partial charge is 0.265 e. The van der Waals surface area contributed by atoms with E-state index < -0.39 is 0 Å². The van der Waals surface area contributed by atoms with E-state index in [-0.39, 0.29) is 12.5 Å². The minimum atomic E-state index is -0.266. The highest BCUT2D eigenvalue weighted by atomic mass is 79.9. The Morgan fingerprint density at radius 1 is 1.24 bits per heavy atom. The number of carbonyl (C=O) groups excluding carboxylic acids is 1. The molecule has 0 atom stereocenters. The average Bonchev–Trinajstić information content (AvgIpc) is 2.60. The number of nitrogens with zero attached hydrogens (tertiary/aromatic N) is 1.